The van der Waals surface area contributed by atoms with Crippen LogP contribution >= 0.6 is 11.6 Å². The van der Waals surface area contributed by atoms with Gasteiger partial charge in [-0.1, -0.05) is 25.4 Å². The Kier molecular flexibility index (Phi) is 5.26. The topological polar surface area (TPSA) is 66.5 Å². The summed E-state index contributed by atoms with van der Waals surface area (Å²) in [5, 5.41) is 3.58. The Balaban J connectivity index is 1.60. The Morgan fingerprint density at radius 3 is 2.14 bits per heavy atom. The molecule has 0 spiro atoms. The van der Waals surface area contributed by atoms with E-state index >= 15 is 0 Å². The third-order valence-corrected chi connectivity index (χ3v) is 9.32. The molecule has 4 aliphatic rings. The molecule has 4 aliphatic carbocycles. The molecule has 7 heteroatoms. The monoisotopic (exact) mass is 424 g/mol. The molecule has 1 N–H and O–H groups in total. The second-order valence-corrected chi connectivity index (χ2v) is 11.2. The van der Waals surface area contributed by atoms with Crippen molar-refractivity contribution >= 4 is 27.5 Å². The van der Waals surface area contributed by atoms with Crippen molar-refractivity contribution in [2.75, 3.05) is 13.1 Å². The van der Waals surface area contributed by atoms with E-state index in [2.05, 4.69) is 5.32 Å². The molecule has 1 amide bonds. The lowest BCUT2D eigenvalue weighted by Gasteiger charge is -2.56. The van der Waals surface area contributed by atoms with E-state index < -0.39 is 10.0 Å². The van der Waals surface area contributed by atoms with Crippen molar-refractivity contribution in [1.82, 2.24) is 9.62 Å². The van der Waals surface area contributed by atoms with Crippen LogP contribution in [0.3, 0.4) is 0 Å². The lowest BCUT2D eigenvalue weighted by atomic mass is 9.53. The van der Waals surface area contributed by atoms with Crippen LogP contribution in [0.4, 0.5) is 0 Å². The van der Waals surface area contributed by atoms with Crippen LogP contribution in [0.1, 0.15) is 62.7 Å². The molecular formula is C21H29ClN2O3S. The molecular weight excluding hydrogens is 396 g/mol. The Labute approximate surface area is 172 Å². The molecule has 154 valence electrons. The van der Waals surface area contributed by atoms with Gasteiger partial charge in [-0.15, -0.1) is 0 Å². The molecule has 0 saturated heterocycles. The van der Waals surface area contributed by atoms with E-state index in [1.807, 2.05) is 0 Å². The number of nitrogens with zero attached hydrogens (tertiary/aromatic N) is 1. The van der Waals surface area contributed by atoms with Gasteiger partial charge >= 0.3 is 0 Å². The van der Waals surface area contributed by atoms with Crippen molar-refractivity contribution in [3.63, 3.8) is 0 Å². The third kappa shape index (κ3) is 3.48. The van der Waals surface area contributed by atoms with Crippen LogP contribution in [-0.4, -0.2) is 37.3 Å². The van der Waals surface area contributed by atoms with Gasteiger partial charge in [0, 0.05) is 18.6 Å². The normalized spacial score (nSPS) is 31.4. The van der Waals surface area contributed by atoms with Gasteiger partial charge < -0.3 is 5.32 Å². The van der Waals surface area contributed by atoms with E-state index in [9.17, 15) is 13.2 Å². The first-order chi connectivity index (χ1) is 13.3. The number of halogens is 1. The lowest BCUT2D eigenvalue weighted by molar-refractivity contribution is -0.0167. The molecule has 4 saturated carbocycles. The maximum absolute atomic E-state index is 13.1. The molecule has 0 radical (unpaired) electrons. The van der Waals surface area contributed by atoms with Crippen LogP contribution in [0.2, 0.25) is 5.02 Å². The number of amides is 1. The van der Waals surface area contributed by atoms with Crippen LogP contribution in [0, 0.1) is 17.8 Å². The van der Waals surface area contributed by atoms with Gasteiger partial charge in [0.2, 0.25) is 10.0 Å². The first-order valence-electron chi connectivity index (χ1n) is 10.4. The van der Waals surface area contributed by atoms with Gasteiger partial charge in [-0.05, 0) is 74.5 Å². The predicted molar refractivity (Wildman–Crippen MR) is 110 cm³/mol. The zero-order valence-electron chi connectivity index (χ0n) is 16.6. The van der Waals surface area contributed by atoms with Crippen molar-refractivity contribution < 1.29 is 13.2 Å². The molecule has 1 aromatic rings. The fourth-order valence-corrected chi connectivity index (χ4v) is 7.81. The van der Waals surface area contributed by atoms with Gasteiger partial charge in [0.15, 0.2) is 0 Å². The number of nitrogens with one attached hydrogen (secondary N) is 1. The minimum atomic E-state index is -3.63. The van der Waals surface area contributed by atoms with Gasteiger partial charge in [0.25, 0.3) is 5.91 Å². The van der Waals surface area contributed by atoms with Crippen LogP contribution in [0.15, 0.2) is 23.1 Å². The van der Waals surface area contributed by atoms with Crippen molar-refractivity contribution in [3.05, 3.63) is 28.8 Å². The van der Waals surface area contributed by atoms with Crippen molar-refractivity contribution in [2.24, 2.45) is 17.8 Å². The highest BCUT2D eigenvalue weighted by Crippen LogP contribution is 2.55. The average Bonchev–Trinajstić information content (AvgIpc) is 2.61. The van der Waals surface area contributed by atoms with Crippen molar-refractivity contribution in [2.45, 2.75) is 62.8 Å². The average molecular weight is 425 g/mol. The summed E-state index contributed by atoms with van der Waals surface area (Å²) in [6.07, 6.45) is 7.02. The van der Waals surface area contributed by atoms with E-state index in [1.54, 1.807) is 13.8 Å². The number of sulfonamides is 1. The molecule has 5 rings (SSSR count). The van der Waals surface area contributed by atoms with Crippen molar-refractivity contribution in [1.29, 1.82) is 0 Å². The number of benzene rings is 1. The first-order valence-corrected chi connectivity index (χ1v) is 12.2. The summed E-state index contributed by atoms with van der Waals surface area (Å²) in [6, 6.07) is 4.44. The van der Waals surface area contributed by atoms with E-state index in [0.717, 1.165) is 37.0 Å². The van der Waals surface area contributed by atoms with Gasteiger partial charge in [-0.2, -0.15) is 4.31 Å². The minimum absolute atomic E-state index is 0.122. The molecule has 0 aromatic heterocycles. The summed E-state index contributed by atoms with van der Waals surface area (Å²) in [5.41, 5.74) is 0.119. The quantitative estimate of drug-likeness (QED) is 0.748. The summed E-state index contributed by atoms with van der Waals surface area (Å²) >= 11 is 6.31. The lowest BCUT2D eigenvalue weighted by Crippen LogP contribution is -2.59. The maximum atomic E-state index is 13.1. The Morgan fingerprint density at radius 1 is 1.11 bits per heavy atom. The molecule has 4 fully saturated rings. The summed E-state index contributed by atoms with van der Waals surface area (Å²) in [5.74, 6) is 1.91. The van der Waals surface area contributed by atoms with Crippen LogP contribution in [0.25, 0.3) is 0 Å². The third-order valence-electron chi connectivity index (χ3n) is 6.94. The predicted octanol–water partition coefficient (Wildman–Crippen LogP) is 4.07. The highest BCUT2D eigenvalue weighted by Gasteiger charge is 2.51. The second-order valence-electron chi connectivity index (χ2n) is 8.88. The summed E-state index contributed by atoms with van der Waals surface area (Å²) in [6.45, 7) is 4.38. The largest absolute Gasteiger partial charge is 0.347 e. The van der Waals surface area contributed by atoms with Gasteiger partial charge in [0.1, 0.15) is 0 Å². The summed E-state index contributed by atoms with van der Waals surface area (Å²) in [7, 11) is -3.63. The number of carbonyl (C=O) groups is 1. The number of hydrogen-bond acceptors (Lipinski definition) is 3. The molecule has 28 heavy (non-hydrogen) atoms. The highest BCUT2D eigenvalue weighted by atomic mass is 35.5. The summed E-state index contributed by atoms with van der Waals surface area (Å²) in [4.78, 5) is 13.3. The van der Waals surface area contributed by atoms with Gasteiger partial charge in [-0.3, -0.25) is 4.79 Å². The standard InChI is InChI=1S/C21H29ClN2O3S/c1-3-24(4-2)28(26,27)17-5-6-19(22)18(10-17)20(25)23-21-11-14-7-15(12-21)9-16(8-14)13-21/h5-6,10,14-16H,3-4,7-9,11-13H2,1-2H3,(H,23,25). The Hall–Kier alpha value is -1.11. The van der Waals surface area contributed by atoms with E-state index in [4.69, 9.17) is 11.6 Å². The Morgan fingerprint density at radius 2 is 1.64 bits per heavy atom. The van der Waals surface area contributed by atoms with Crippen LogP contribution in [-0.2, 0) is 10.0 Å². The molecule has 1 aromatic carbocycles. The van der Waals surface area contributed by atoms with Gasteiger partial charge in [-0.25, -0.2) is 8.42 Å². The molecule has 5 nitrogen and oxygen atoms in total. The zero-order valence-corrected chi connectivity index (χ0v) is 18.2. The minimum Gasteiger partial charge on any atom is -0.347 e. The zero-order chi connectivity index (χ0) is 20.1. The van der Waals surface area contributed by atoms with Crippen LogP contribution in [0.5, 0.6) is 0 Å². The molecule has 0 atom stereocenters. The van der Waals surface area contributed by atoms with E-state index in [0.29, 0.717) is 18.1 Å². The molecule has 0 unspecified atom stereocenters. The SMILES string of the molecule is CCN(CC)S(=O)(=O)c1ccc(Cl)c(C(=O)NC23CC4CC(CC(C4)C2)C3)c1. The molecule has 0 aliphatic heterocycles. The second kappa shape index (κ2) is 7.29. The fourth-order valence-electron chi connectivity index (χ4n) is 6.12. The van der Waals surface area contributed by atoms with Gasteiger partial charge in [0.05, 0.1) is 15.5 Å². The number of rotatable bonds is 6. The smallest absolute Gasteiger partial charge is 0.253 e. The molecule has 4 bridgehead atoms. The fraction of sp³-hybridized carbons (Fsp3) is 0.667. The first kappa shape index (κ1) is 20.2. The van der Waals surface area contributed by atoms with E-state index in [-0.39, 0.29) is 21.9 Å². The van der Waals surface area contributed by atoms with E-state index in [1.165, 1.54) is 41.8 Å². The number of carbonyl (C=O) groups excluding carboxylic acids is 1. The van der Waals surface area contributed by atoms with Crippen LogP contribution < -0.4 is 5.32 Å². The summed E-state index contributed by atoms with van der Waals surface area (Å²) < 4.78 is 27.1. The molecule has 0 heterocycles. The highest BCUT2D eigenvalue weighted by molar-refractivity contribution is 7.89. The number of hydrogen-bond donors (Lipinski definition) is 1. The Bertz CT molecular complexity index is 844. The maximum Gasteiger partial charge on any atom is 0.253 e. The van der Waals surface area contributed by atoms with Crippen molar-refractivity contribution in [3.8, 4) is 0 Å².